The van der Waals surface area contributed by atoms with Crippen LogP contribution in [-0.4, -0.2) is 26.5 Å². The molecule has 4 nitrogen and oxygen atoms in total. The number of para-hydroxylation sites is 2. The van der Waals surface area contributed by atoms with Crippen molar-refractivity contribution in [1.29, 1.82) is 0 Å². The Morgan fingerprint density at radius 1 is 1.00 bits per heavy atom. The van der Waals surface area contributed by atoms with E-state index in [1.807, 2.05) is 69.6 Å². The lowest BCUT2D eigenvalue weighted by molar-refractivity contribution is -0.115. The summed E-state index contributed by atoms with van der Waals surface area (Å²) in [7, 11) is 3.75. The van der Waals surface area contributed by atoms with Crippen LogP contribution in [0, 0.1) is 0 Å². The van der Waals surface area contributed by atoms with Gasteiger partial charge in [0.25, 0.3) is 0 Å². The van der Waals surface area contributed by atoms with Crippen LogP contribution in [0.2, 0.25) is 0 Å². The summed E-state index contributed by atoms with van der Waals surface area (Å²) in [4.78, 5) is 11.8. The van der Waals surface area contributed by atoms with Gasteiger partial charge in [-0.2, -0.15) is 0 Å². The molecule has 0 saturated heterocycles. The van der Waals surface area contributed by atoms with Crippen molar-refractivity contribution in [3.63, 3.8) is 0 Å². The number of Topliss-reactive ketones (excluding diaryl/α,β-unsaturated/α-hetero) is 1. The second-order valence-corrected chi connectivity index (χ2v) is 5.37. The predicted molar refractivity (Wildman–Crippen MR) is 103 cm³/mol. The number of allylic oxidation sites excluding steroid dienone is 1. The molecule has 0 spiro atoms. The summed E-state index contributed by atoms with van der Waals surface area (Å²) < 4.78 is 11.4. The van der Waals surface area contributed by atoms with Crippen molar-refractivity contribution in [1.82, 2.24) is 5.32 Å². The van der Waals surface area contributed by atoms with E-state index in [4.69, 9.17) is 9.47 Å². The van der Waals surface area contributed by atoms with Crippen molar-refractivity contribution >= 4 is 11.9 Å². The molecule has 0 heterocycles. The van der Waals surface area contributed by atoms with Gasteiger partial charge in [-0.15, -0.1) is 0 Å². The number of benzene rings is 2. The second kappa shape index (κ2) is 11.9. The van der Waals surface area contributed by atoms with Crippen LogP contribution < -0.4 is 14.8 Å². The number of hydrogen-bond donors (Lipinski definition) is 1. The number of hydrogen-bond acceptors (Lipinski definition) is 4. The van der Waals surface area contributed by atoms with E-state index in [2.05, 4.69) is 5.32 Å². The predicted octanol–water partition coefficient (Wildman–Crippen LogP) is 4.32. The first-order chi connectivity index (χ1) is 12.1. The lowest BCUT2D eigenvalue weighted by Crippen LogP contribution is -2.06. The molecule has 1 N–H and O–H groups in total. The minimum atomic E-state index is -0.130. The van der Waals surface area contributed by atoms with Gasteiger partial charge in [-0.1, -0.05) is 49.4 Å². The summed E-state index contributed by atoms with van der Waals surface area (Å²) >= 11 is 0. The summed E-state index contributed by atoms with van der Waals surface area (Å²) in [6.45, 7) is 4.14. The zero-order valence-electron chi connectivity index (χ0n) is 15.4. The first-order valence-corrected chi connectivity index (χ1v) is 8.38. The van der Waals surface area contributed by atoms with E-state index >= 15 is 0 Å². The molecule has 2 rings (SSSR count). The van der Waals surface area contributed by atoms with Crippen LogP contribution in [0.1, 0.15) is 25.8 Å². The van der Waals surface area contributed by atoms with Crippen molar-refractivity contribution in [3.8, 4) is 11.5 Å². The molecule has 4 heteroatoms. The highest BCUT2D eigenvalue weighted by molar-refractivity contribution is 5.96. The average molecular weight is 341 g/mol. The highest BCUT2D eigenvalue weighted by Gasteiger charge is 2.11. The Hall–Kier alpha value is -2.59. The van der Waals surface area contributed by atoms with E-state index in [0.717, 1.165) is 12.0 Å². The molecule has 0 amide bonds. The molecule has 0 aliphatic rings. The molecule has 0 fully saturated rings. The van der Waals surface area contributed by atoms with Gasteiger partial charge in [0.05, 0.1) is 6.61 Å². The molecular formula is C21H27NO3. The maximum atomic E-state index is 11.8. The Kier molecular flexibility index (Phi) is 9.71. The SMILES string of the molecule is CCCOc1ccccc1OC(=Cc1ccccc1)C(C)=O.CNC. The number of ether oxygens (including phenoxy) is 2. The third-order valence-corrected chi connectivity index (χ3v) is 2.98. The van der Waals surface area contributed by atoms with Crippen LogP contribution in [0.5, 0.6) is 11.5 Å². The van der Waals surface area contributed by atoms with Crippen LogP contribution in [0.25, 0.3) is 6.08 Å². The Morgan fingerprint density at radius 3 is 2.12 bits per heavy atom. The van der Waals surface area contributed by atoms with E-state index in [1.165, 1.54) is 6.92 Å². The monoisotopic (exact) mass is 341 g/mol. The van der Waals surface area contributed by atoms with Gasteiger partial charge < -0.3 is 14.8 Å². The summed E-state index contributed by atoms with van der Waals surface area (Å²) in [5.41, 5.74) is 0.916. The molecule has 0 saturated carbocycles. The number of ketones is 1. The van der Waals surface area contributed by atoms with Crippen LogP contribution in [0.15, 0.2) is 60.4 Å². The first kappa shape index (κ1) is 20.5. The van der Waals surface area contributed by atoms with Crippen molar-refractivity contribution < 1.29 is 14.3 Å². The summed E-state index contributed by atoms with van der Waals surface area (Å²) in [6.07, 6.45) is 2.65. The fourth-order valence-electron chi connectivity index (χ4n) is 1.89. The molecule has 0 unspecified atom stereocenters. The molecule has 25 heavy (non-hydrogen) atoms. The van der Waals surface area contributed by atoms with Gasteiger partial charge in [-0.25, -0.2) is 0 Å². The van der Waals surface area contributed by atoms with Crippen LogP contribution in [0.3, 0.4) is 0 Å². The summed E-state index contributed by atoms with van der Waals surface area (Å²) in [5.74, 6) is 1.35. The molecule has 0 aromatic heterocycles. The fourth-order valence-corrected chi connectivity index (χ4v) is 1.89. The Morgan fingerprint density at radius 2 is 1.56 bits per heavy atom. The largest absolute Gasteiger partial charge is 0.490 e. The number of carbonyl (C=O) groups excluding carboxylic acids is 1. The van der Waals surface area contributed by atoms with E-state index in [0.29, 0.717) is 23.9 Å². The van der Waals surface area contributed by atoms with Crippen molar-refractivity contribution in [2.75, 3.05) is 20.7 Å². The first-order valence-electron chi connectivity index (χ1n) is 8.38. The lowest BCUT2D eigenvalue weighted by Gasteiger charge is -2.13. The van der Waals surface area contributed by atoms with Crippen molar-refractivity contribution in [2.45, 2.75) is 20.3 Å². The molecule has 0 aliphatic carbocycles. The van der Waals surface area contributed by atoms with Gasteiger partial charge in [0, 0.05) is 6.92 Å². The molecule has 0 atom stereocenters. The Labute approximate surface area is 150 Å². The zero-order chi connectivity index (χ0) is 18.5. The number of nitrogens with one attached hydrogen (secondary N) is 1. The highest BCUT2D eigenvalue weighted by Crippen LogP contribution is 2.29. The van der Waals surface area contributed by atoms with Crippen molar-refractivity contribution in [3.05, 3.63) is 65.9 Å². The van der Waals surface area contributed by atoms with Gasteiger partial charge in [0.1, 0.15) is 0 Å². The normalized spacial score (nSPS) is 10.5. The maximum absolute atomic E-state index is 11.8. The number of carbonyl (C=O) groups is 1. The fraction of sp³-hybridized carbons (Fsp3) is 0.286. The van der Waals surface area contributed by atoms with Gasteiger partial charge >= 0.3 is 0 Å². The van der Waals surface area contributed by atoms with E-state index in [1.54, 1.807) is 12.1 Å². The Balaban J connectivity index is 0.000000970. The van der Waals surface area contributed by atoms with Gasteiger partial charge in [-0.05, 0) is 44.3 Å². The molecule has 134 valence electrons. The minimum Gasteiger partial charge on any atom is -0.490 e. The van der Waals surface area contributed by atoms with Crippen LogP contribution >= 0.6 is 0 Å². The maximum Gasteiger partial charge on any atom is 0.194 e. The quantitative estimate of drug-likeness (QED) is 0.602. The van der Waals surface area contributed by atoms with Crippen LogP contribution in [-0.2, 0) is 4.79 Å². The standard InChI is InChI=1S/C19H20O3.C2H7N/c1-3-13-21-17-11-7-8-12-18(17)22-19(15(2)20)14-16-9-5-4-6-10-16;1-3-2/h4-12,14H,3,13H2,1-2H3;3H,1-2H3. The van der Waals surface area contributed by atoms with E-state index in [-0.39, 0.29) is 5.78 Å². The zero-order valence-corrected chi connectivity index (χ0v) is 15.4. The molecule has 0 aliphatic heterocycles. The average Bonchev–Trinajstić information content (AvgIpc) is 2.62. The lowest BCUT2D eigenvalue weighted by atomic mass is 10.2. The topological polar surface area (TPSA) is 47.6 Å². The summed E-state index contributed by atoms with van der Waals surface area (Å²) in [6, 6.07) is 17.0. The third-order valence-electron chi connectivity index (χ3n) is 2.98. The van der Waals surface area contributed by atoms with Gasteiger partial charge in [0.15, 0.2) is 23.0 Å². The highest BCUT2D eigenvalue weighted by atomic mass is 16.5. The van der Waals surface area contributed by atoms with Crippen LogP contribution in [0.4, 0.5) is 0 Å². The van der Waals surface area contributed by atoms with Crippen molar-refractivity contribution in [2.24, 2.45) is 0 Å². The molecule has 0 radical (unpaired) electrons. The second-order valence-electron chi connectivity index (χ2n) is 5.37. The minimum absolute atomic E-state index is 0.130. The molecular weight excluding hydrogens is 314 g/mol. The smallest absolute Gasteiger partial charge is 0.194 e. The molecule has 0 bridgehead atoms. The van der Waals surface area contributed by atoms with E-state index in [9.17, 15) is 4.79 Å². The summed E-state index contributed by atoms with van der Waals surface area (Å²) in [5, 5.41) is 2.75. The molecule has 2 aromatic carbocycles. The van der Waals surface area contributed by atoms with Gasteiger partial charge in [0.2, 0.25) is 0 Å². The Bertz CT molecular complexity index is 666. The van der Waals surface area contributed by atoms with E-state index < -0.39 is 0 Å². The van der Waals surface area contributed by atoms with Gasteiger partial charge in [-0.3, -0.25) is 4.79 Å². The number of rotatable bonds is 7. The third kappa shape index (κ3) is 7.68. The molecule has 2 aromatic rings.